The number of unbranched alkanes of at least 4 members (excludes halogenated alkanes) is 2. The summed E-state index contributed by atoms with van der Waals surface area (Å²) in [6.45, 7) is 3.84. The Kier molecular flexibility index (Phi) is 4.85. The largest absolute Gasteiger partial charge is 0.478 e. The van der Waals surface area contributed by atoms with Crippen LogP contribution in [-0.4, -0.2) is 28.5 Å². The van der Waals surface area contributed by atoms with Crippen molar-refractivity contribution in [2.45, 2.75) is 38.8 Å². The fourth-order valence-corrected chi connectivity index (χ4v) is 0.782. The Morgan fingerprint density at radius 1 is 1.50 bits per heavy atom. The third-order valence-electron chi connectivity index (χ3n) is 1.67. The third kappa shape index (κ3) is 4.31. The van der Waals surface area contributed by atoms with Crippen LogP contribution in [0.1, 0.15) is 33.1 Å². The van der Waals surface area contributed by atoms with Crippen LogP contribution in [0.4, 0.5) is 0 Å². The molecule has 4 heteroatoms. The molecule has 1 unspecified atom stereocenters. The number of rotatable bonds is 6. The van der Waals surface area contributed by atoms with E-state index in [1.165, 1.54) is 6.92 Å². The molecule has 0 aromatic carbocycles. The van der Waals surface area contributed by atoms with Crippen molar-refractivity contribution >= 4 is 5.97 Å². The lowest BCUT2D eigenvalue weighted by molar-refractivity contribution is -0.160. The Labute approximate surface area is 72.6 Å². The first-order valence-electron chi connectivity index (χ1n) is 4.21. The smallest absolute Gasteiger partial charge is 0.350 e. The summed E-state index contributed by atoms with van der Waals surface area (Å²) in [6.07, 6.45) is 3.01. The fourth-order valence-electron chi connectivity index (χ4n) is 0.782. The number of hydrogen-bond donors (Lipinski definition) is 3. The lowest BCUT2D eigenvalue weighted by atomic mass is 10.2. The van der Waals surface area contributed by atoms with Crippen LogP contribution in [0.15, 0.2) is 0 Å². The number of carboxylic acids is 1. The second-order valence-electron chi connectivity index (χ2n) is 3.01. The van der Waals surface area contributed by atoms with Crippen LogP contribution in [0, 0.1) is 0 Å². The summed E-state index contributed by atoms with van der Waals surface area (Å²) in [4.78, 5) is 10.4. The average molecular weight is 175 g/mol. The molecule has 12 heavy (non-hydrogen) atoms. The van der Waals surface area contributed by atoms with Crippen LogP contribution in [0.5, 0.6) is 0 Å². The van der Waals surface area contributed by atoms with Crippen molar-refractivity contribution < 1.29 is 15.0 Å². The van der Waals surface area contributed by atoms with Gasteiger partial charge in [0.1, 0.15) is 0 Å². The standard InChI is InChI=1S/C8H17NO3/c1-3-4-5-6-9-8(2,12)7(10)11/h9,12H,3-6H2,1-2H3,(H,10,11). The Hall–Kier alpha value is -0.610. The molecule has 0 aromatic rings. The summed E-state index contributed by atoms with van der Waals surface area (Å²) in [5.41, 5.74) is -1.78. The molecule has 0 bridgehead atoms. The summed E-state index contributed by atoms with van der Waals surface area (Å²) in [5, 5.41) is 20.2. The van der Waals surface area contributed by atoms with Crippen LogP contribution < -0.4 is 5.32 Å². The van der Waals surface area contributed by atoms with Gasteiger partial charge in [0.25, 0.3) is 0 Å². The van der Waals surface area contributed by atoms with Gasteiger partial charge in [-0.25, -0.2) is 4.79 Å². The van der Waals surface area contributed by atoms with Gasteiger partial charge in [0.05, 0.1) is 0 Å². The normalized spacial score (nSPS) is 15.6. The van der Waals surface area contributed by atoms with Crippen molar-refractivity contribution in [1.82, 2.24) is 5.32 Å². The Balaban J connectivity index is 3.54. The lowest BCUT2D eigenvalue weighted by Crippen LogP contribution is -2.49. The minimum atomic E-state index is -1.78. The van der Waals surface area contributed by atoms with Gasteiger partial charge in [0, 0.05) is 0 Å². The van der Waals surface area contributed by atoms with Crippen molar-refractivity contribution in [3.8, 4) is 0 Å². The van der Waals surface area contributed by atoms with Gasteiger partial charge in [-0.1, -0.05) is 19.8 Å². The number of nitrogens with one attached hydrogen (secondary N) is 1. The highest BCUT2D eigenvalue weighted by Crippen LogP contribution is 1.99. The second-order valence-corrected chi connectivity index (χ2v) is 3.01. The van der Waals surface area contributed by atoms with Crippen molar-refractivity contribution in [3.63, 3.8) is 0 Å². The van der Waals surface area contributed by atoms with Crippen LogP contribution in [0.25, 0.3) is 0 Å². The topological polar surface area (TPSA) is 69.6 Å². The Morgan fingerprint density at radius 2 is 2.08 bits per heavy atom. The van der Waals surface area contributed by atoms with Gasteiger partial charge >= 0.3 is 5.97 Å². The number of hydrogen-bond acceptors (Lipinski definition) is 3. The number of carboxylic acid groups (broad SMARTS) is 1. The monoisotopic (exact) mass is 175 g/mol. The van der Waals surface area contributed by atoms with E-state index in [0.29, 0.717) is 6.54 Å². The van der Waals surface area contributed by atoms with E-state index in [-0.39, 0.29) is 0 Å². The van der Waals surface area contributed by atoms with E-state index in [1.807, 2.05) is 0 Å². The maximum Gasteiger partial charge on any atom is 0.350 e. The minimum absolute atomic E-state index is 0.535. The molecule has 0 aliphatic heterocycles. The van der Waals surface area contributed by atoms with E-state index in [2.05, 4.69) is 12.2 Å². The molecule has 0 radical (unpaired) electrons. The lowest BCUT2D eigenvalue weighted by Gasteiger charge is -2.19. The average Bonchev–Trinajstić information content (AvgIpc) is 1.98. The van der Waals surface area contributed by atoms with Gasteiger partial charge in [0.2, 0.25) is 5.72 Å². The summed E-state index contributed by atoms with van der Waals surface area (Å²) < 4.78 is 0. The molecular formula is C8H17NO3. The summed E-state index contributed by atoms with van der Waals surface area (Å²) >= 11 is 0. The molecule has 0 aromatic heterocycles. The molecule has 1 atom stereocenters. The summed E-state index contributed by atoms with van der Waals surface area (Å²) in [7, 11) is 0. The predicted octanol–water partition coefficient (Wildman–Crippen LogP) is 0.559. The highest BCUT2D eigenvalue weighted by molar-refractivity contribution is 5.75. The molecule has 4 nitrogen and oxygen atoms in total. The zero-order valence-electron chi connectivity index (χ0n) is 7.63. The van der Waals surface area contributed by atoms with Crippen molar-refractivity contribution in [2.24, 2.45) is 0 Å². The molecule has 0 rings (SSSR count). The van der Waals surface area contributed by atoms with Crippen LogP contribution in [0.2, 0.25) is 0 Å². The number of carbonyl (C=O) groups is 1. The molecule has 0 aliphatic rings. The van der Waals surface area contributed by atoms with Gasteiger partial charge in [-0.2, -0.15) is 0 Å². The van der Waals surface area contributed by atoms with Crippen molar-refractivity contribution in [2.75, 3.05) is 6.54 Å². The van der Waals surface area contributed by atoms with Gasteiger partial charge in [-0.15, -0.1) is 0 Å². The van der Waals surface area contributed by atoms with Crippen molar-refractivity contribution in [3.05, 3.63) is 0 Å². The fraction of sp³-hybridized carbons (Fsp3) is 0.875. The molecule has 0 saturated heterocycles. The number of aliphatic hydroxyl groups is 1. The van der Waals surface area contributed by atoms with Crippen LogP contribution in [-0.2, 0) is 4.79 Å². The van der Waals surface area contributed by atoms with Crippen LogP contribution in [0.3, 0.4) is 0 Å². The Bertz CT molecular complexity index is 145. The zero-order valence-corrected chi connectivity index (χ0v) is 7.63. The van der Waals surface area contributed by atoms with E-state index >= 15 is 0 Å². The molecular weight excluding hydrogens is 158 g/mol. The maximum absolute atomic E-state index is 10.4. The Morgan fingerprint density at radius 3 is 2.50 bits per heavy atom. The summed E-state index contributed by atoms with van der Waals surface area (Å²) in [5.74, 6) is -1.24. The molecule has 0 fully saturated rings. The SMILES string of the molecule is CCCCCNC(C)(O)C(=O)O. The van der Waals surface area contributed by atoms with Gasteiger partial charge in [-0.3, -0.25) is 5.32 Å². The van der Waals surface area contributed by atoms with E-state index in [1.54, 1.807) is 0 Å². The summed E-state index contributed by atoms with van der Waals surface area (Å²) in [6, 6.07) is 0. The highest BCUT2D eigenvalue weighted by atomic mass is 16.4. The molecule has 3 N–H and O–H groups in total. The predicted molar refractivity (Wildman–Crippen MR) is 45.8 cm³/mol. The van der Waals surface area contributed by atoms with E-state index < -0.39 is 11.7 Å². The first kappa shape index (κ1) is 11.4. The highest BCUT2D eigenvalue weighted by Gasteiger charge is 2.28. The molecule has 0 heterocycles. The minimum Gasteiger partial charge on any atom is -0.478 e. The van der Waals surface area contributed by atoms with E-state index in [0.717, 1.165) is 19.3 Å². The van der Waals surface area contributed by atoms with Crippen LogP contribution >= 0.6 is 0 Å². The number of aliphatic carboxylic acids is 1. The molecule has 72 valence electrons. The van der Waals surface area contributed by atoms with Gasteiger partial charge < -0.3 is 10.2 Å². The van der Waals surface area contributed by atoms with Crippen molar-refractivity contribution in [1.29, 1.82) is 0 Å². The molecule has 0 saturated carbocycles. The van der Waals surface area contributed by atoms with E-state index in [9.17, 15) is 9.90 Å². The zero-order chi connectivity index (χ0) is 9.61. The molecule has 0 spiro atoms. The molecule has 0 aliphatic carbocycles. The maximum atomic E-state index is 10.4. The quantitative estimate of drug-likeness (QED) is 0.407. The first-order chi connectivity index (χ1) is 5.50. The third-order valence-corrected chi connectivity index (χ3v) is 1.67. The second kappa shape index (κ2) is 5.11. The van der Waals surface area contributed by atoms with Gasteiger partial charge in [-0.05, 0) is 19.9 Å². The van der Waals surface area contributed by atoms with Gasteiger partial charge in [0.15, 0.2) is 0 Å². The van der Waals surface area contributed by atoms with E-state index in [4.69, 9.17) is 5.11 Å². The molecule has 0 amide bonds. The first-order valence-corrected chi connectivity index (χ1v) is 4.21.